The fourth-order valence-corrected chi connectivity index (χ4v) is 3.75. The van der Waals surface area contributed by atoms with Crippen LogP contribution >= 0.6 is 22.6 Å². The molecule has 0 aliphatic heterocycles. The number of ether oxygens (including phenoxy) is 2. The summed E-state index contributed by atoms with van der Waals surface area (Å²) in [5.74, 6) is -0.788. The van der Waals surface area contributed by atoms with E-state index >= 15 is 0 Å². The first-order valence-corrected chi connectivity index (χ1v) is 14.2. The first-order valence-electron chi connectivity index (χ1n) is 13.2. The van der Waals surface area contributed by atoms with Crippen molar-refractivity contribution >= 4 is 38.2 Å². The molecule has 0 spiro atoms. The van der Waals surface area contributed by atoms with Crippen molar-refractivity contribution in [2.75, 3.05) is 39.9 Å². The Morgan fingerprint density at radius 3 is 1.51 bits per heavy atom. The van der Waals surface area contributed by atoms with Crippen LogP contribution in [-0.4, -0.2) is 61.3 Å². The van der Waals surface area contributed by atoms with E-state index in [-0.39, 0.29) is 21.0 Å². The number of unbranched alkanes of at least 4 members (excludes halogenated alkanes) is 7. The summed E-state index contributed by atoms with van der Waals surface area (Å²) in [4.78, 5) is 34.7. The number of hydrogen-bond donors (Lipinski definition) is 3. The Morgan fingerprint density at radius 1 is 0.657 bits per heavy atom. The van der Waals surface area contributed by atoms with E-state index in [0.717, 1.165) is 32.1 Å². The Kier molecular flexibility index (Phi) is 19.8. The fourth-order valence-electron chi connectivity index (χ4n) is 3.37. The highest BCUT2D eigenvalue weighted by molar-refractivity contribution is 14.1. The number of nitrogens with one attached hydrogen (secondary N) is 3. The van der Waals surface area contributed by atoms with E-state index in [1.165, 1.54) is 19.3 Å². The molecule has 0 bridgehead atoms. The molecule has 0 heterocycles. The number of carbonyl (C=O) groups is 3. The maximum Gasteiger partial charge on any atom is 0.221 e. The summed E-state index contributed by atoms with van der Waals surface area (Å²) in [7, 11) is 1.82. The summed E-state index contributed by atoms with van der Waals surface area (Å²) in [5, 5.41) is 8.72. The van der Waals surface area contributed by atoms with Gasteiger partial charge in [0.05, 0.1) is 13.2 Å². The van der Waals surface area contributed by atoms with E-state index < -0.39 is 5.79 Å². The van der Waals surface area contributed by atoms with Crippen LogP contribution in [-0.2, 0) is 23.9 Å². The fraction of sp³-hybridized carbons (Fsp3) is 0.885. The molecule has 0 aromatic heterocycles. The Morgan fingerprint density at radius 2 is 1.09 bits per heavy atom. The smallest absolute Gasteiger partial charge is 0.221 e. The standard InChI is InChI=1S/C26H50IN3O5/c1-25(2,3)26(4,35-21-19-30-24(33)16-17-28-5)34-20-18-29-23(32)15-13-11-9-7-6-8-10-12-14-22(27)31/h28H,6-21H2,1-5H3,(H,29,32)(H,30,33). The predicted molar refractivity (Wildman–Crippen MR) is 150 cm³/mol. The van der Waals surface area contributed by atoms with E-state index in [9.17, 15) is 14.4 Å². The van der Waals surface area contributed by atoms with Crippen molar-refractivity contribution in [3.8, 4) is 0 Å². The van der Waals surface area contributed by atoms with Gasteiger partial charge in [-0.2, -0.15) is 0 Å². The van der Waals surface area contributed by atoms with E-state index in [4.69, 9.17) is 9.47 Å². The van der Waals surface area contributed by atoms with Crippen LogP contribution in [0, 0.1) is 5.41 Å². The lowest BCUT2D eigenvalue weighted by molar-refractivity contribution is -0.276. The van der Waals surface area contributed by atoms with Crippen LogP contribution in [0.25, 0.3) is 0 Å². The molecule has 0 aliphatic carbocycles. The number of rotatable bonds is 22. The molecule has 1 unspecified atom stereocenters. The van der Waals surface area contributed by atoms with Crippen molar-refractivity contribution in [3.05, 3.63) is 0 Å². The number of carbonyl (C=O) groups excluding carboxylic acids is 3. The van der Waals surface area contributed by atoms with Crippen molar-refractivity contribution in [1.29, 1.82) is 0 Å². The van der Waals surface area contributed by atoms with Gasteiger partial charge in [-0.05, 0) is 49.4 Å². The van der Waals surface area contributed by atoms with Crippen molar-refractivity contribution in [3.63, 3.8) is 0 Å². The molecule has 0 aromatic carbocycles. The van der Waals surface area contributed by atoms with Gasteiger partial charge in [0, 0.05) is 44.3 Å². The van der Waals surface area contributed by atoms with Gasteiger partial charge in [-0.15, -0.1) is 0 Å². The zero-order valence-electron chi connectivity index (χ0n) is 22.7. The Balaban J connectivity index is 3.94. The SMILES string of the molecule is CNCCC(=O)NCCOC(C)(OCCNC(=O)CCCCCCCCCCC(=O)I)C(C)(C)C. The van der Waals surface area contributed by atoms with Crippen LogP contribution < -0.4 is 16.0 Å². The lowest BCUT2D eigenvalue weighted by Gasteiger charge is -2.41. The molecular formula is C26H50IN3O5. The second-order valence-electron chi connectivity index (χ2n) is 10.1. The molecule has 3 N–H and O–H groups in total. The normalized spacial score (nSPS) is 13.3. The molecule has 0 radical (unpaired) electrons. The summed E-state index contributed by atoms with van der Waals surface area (Å²) in [6.45, 7) is 10.3. The Labute approximate surface area is 226 Å². The molecular weight excluding hydrogens is 561 g/mol. The minimum absolute atomic E-state index is 0.00931. The maximum atomic E-state index is 12.1. The minimum atomic E-state index is -0.834. The summed E-state index contributed by atoms with van der Waals surface area (Å²) in [6.07, 6.45) is 10.5. The molecule has 35 heavy (non-hydrogen) atoms. The number of halogens is 1. The average molecular weight is 612 g/mol. The molecule has 0 fully saturated rings. The lowest BCUT2D eigenvalue weighted by Crippen LogP contribution is -2.47. The number of amides is 2. The van der Waals surface area contributed by atoms with Gasteiger partial charge in [0.2, 0.25) is 11.8 Å². The molecule has 0 aliphatic rings. The Hall–Kier alpha value is -0.780. The van der Waals surface area contributed by atoms with E-state index in [1.54, 1.807) is 0 Å². The summed E-state index contributed by atoms with van der Waals surface area (Å²) in [5.41, 5.74) is -0.278. The maximum absolute atomic E-state index is 12.1. The van der Waals surface area contributed by atoms with E-state index in [2.05, 4.69) is 16.0 Å². The van der Waals surface area contributed by atoms with Crippen LogP contribution in [0.15, 0.2) is 0 Å². The third-order valence-electron chi connectivity index (χ3n) is 6.10. The number of hydrogen-bond acceptors (Lipinski definition) is 6. The molecule has 0 saturated heterocycles. The highest BCUT2D eigenvalue weighted by Gasteiger charge is 2.39. The van der Waals surface area contributed by atoms with E-state index in [0.29, 0.717) is 52.1 Å². The molecule has 0 rings (SSSR count). The first kappa shape index (κ1) is 34.2. The van der Waals surface area contributed by atoms with Gasteiger partial charge in [0.15, 0.2) is 9.58 Å². The third-order valence-corrected chi connectivity index (χ3v) is 6.63. The van der Waals surface area contributed by atoms with Gasteiger partial charge in [-0.25, -0.2) is 0 Å². The van der Waals surface area contributed by atoms with Crippen LogP contribution in [0.3, 0.4) is 0 Å². The first-order chi connectivity index (χ1) is 16.5. The molecule has 206 valence electrons. The van der Waals surface area contributed by atoms with Gasteiger partial charge in [0.25, 0.3) is 0 Å². The monoisotopic (exact) mass is 611 g/mol. The zero-order chi connectivity index (χ0) is 26.6. The lowest BCUT2D eigenvalue weighted by atomic mass is 9.86. The summed E-state index contributed by atoms with van der Waals surface area (Å²) < 4.78 is 12.3. The molecule has 0 aromatic rings. The quantitative estimate of drug-likeness (QED) is 0.0722. The molecule has 9 heteroatoms. The van der Waals surface area contributed by atoms with Crippen LogP contribution in [0.4, 0.5) is 0 Å². The average Bonchev–Trinajstić information content (AvgIpc) is 2.78. The largest absolute Gasteiger partial charge is 0.354 e. The molecule has 0 saturated carbocycles. The minimum Gasteiger partial charge on any atom is -0.354 e. The van der Waals surface area contributed by atoms with E-state index in [1.807, 2.05) is 57.3 Å². The zero-order valence-corrected chi connectivity index (χ0v) is 24.9. The van der Waals surface area contributed by atoms with Gasteiger partial charge >= 0.3 is 0 Å². The van der Waals surface area contributed by atoms with Gasteiger partial charge in [-0.1, -0.05) is 59.3 Å². The second kappa shape index (κ2) is 20.3. The van der Waals surface area contributed by atoms with Crippen molar-refractivity contribution in [2.24, 2.45) is 5.41 Å². The predicted octanol–water partition coefficient (Wildman–Crippen LogP) is 4.49. The van der Waals surface area contributed by atoms with Crippen molar-refractivity contribution in [1.82, 2.24) is 16.0 Å². The van der Waals surface area contributed by atoms with Crippen LogP contribution in [0.2, 0.25) is 0 Å². The second-order valence-corrected chi connectivity index (χ2v) is 11.3. The van der Waals surface area contributed by atoms with Gasteiger partial charge < -0.3 is 25.4 Å². The van der Waals surface area contributed by atoms with Crippen molar-refractivity contribution in [2.45, 2.75) is 104 Å². The molecule has 2 amide bonds. The molecule has 1 atom stereocenters. The topological polar surface area (TPSA) is 106 Å². The third kappa shape index (κ3) is 19.1. The highest BCUT2D eigenvalue weighted by Crippen LogP contribution is 2.34. The highest BCUT2D eigenvalue weighted by atomic mass is 127. The van der Waals surface area contributed by atoms with Gasteiger partial charge in [-0.3, -0.25) is 14.4 Å². The van der Waals surface area contributed by atoms with Crippen LogP contribution in [0.5, 0.6) is 0 Å². The molecule has 8 nitrogen and oxygen atoms in total. The van der Waals surface area contributed by atoms with Crippen LogP contribution in [0.1, 0.15) is 98.3 Å². The summed E-state index contributed by atoms with van der Waals surface area (Å²) >= 11 is 1.86. The van der Waals surface area contributed by atoms with Gasteiger partial charge in [0.1, 0.15) is 0 Å². The van der Waals surface area contributed by atoms with Crippen molar-refractivity contribution < 1.29 is 23.9 Å². The summed E-state index contributed by atoms with van der Waals surface area (Å²) in [6, 6.07) is 0. The Bertz CT molecular complexity index is 598.